The lowest BCUT2D eigenvalue weighted by Gasteiger charge is -2.33. The number of para-hydroxylation sites is 1. The van der Waals surface area contributed by atoms with Crippen molar-refractivity contribution in [1.82, 2.24) is 19.5 Å². The molecule has 0 bridgehead atoms. The fourth-order valence-electron chi connectivity index (χ4n) is 3.01. The van der Waals surface area contributed by atoms with E-state index in [1.807, 2.05) is 0 Å². The van der Waals surface area contributed by atoms with Crippen molar-refractivity contribution < 1.29 is 25.8 Å². The van der Waals surface area contributed by atoms with Crippen molar-refractivity contribution in [2.24, 2.45) is 0 Å². The summed E-state index contributed by atoms with van der Waals surface area (Å²) >= 11 is 1.04. The molecule has 1 aliphatic heterocycles. The SMILES string of the molecule is N=S1(=O)CCN(S(=O)(=O)N(Cc2ncc(-c3nnc(C(F)F)o3)s2)c2ccccc2)CC1. The van der Waals surface area contributed by atoms with Crippen molar-refractivity contribution in [3.05, 3.63) is 47.4 Å². The molecule has 3 heterocycles. The van der Waals surface area contributed by atoms with Crippen LogP contribution in [0.25, 0.3) is 10.8 Å². The third-order valence-electron chi connectivity index (χ3n) is 4.66. The molecule has 0 atom stereocenters. The first-order valence-electron chi connectivity index (χ1n) is 9.29. The van der Waals surface area contributed by atoms with Crippen LogP contribution in [0.5, 0.6) is 0 Å². The molecule has 2 aromatic heterocycles. The molecule has 0 amide bonds. The van der Waals surface area contributed by atoms with Crippen LogP contribution >= 0.6 is 11.3 Å². The Bertz CT molecular complexity index is 1280. The van der Waals surface area contributed by atoms with Crippen molar-refractivity contribution in [3.63, 3.8) is 0 Å². The second-order valence-electron chi connectivity index (χ2n) is 6.83. The minimum absolute atomic E-state index is 0.0183. The smallest absolute Gasteiger partial charge is 0.314 e. The van der Waals surface area contributed by atoms with Gasteiger partial charge in [0.1, 0.15) is 9.88 Å². The summed E-state index contributed by atoms with van der Waals surface area (Å²) in [5.74, 6) is -0.987. The third kappa shape index (κ3) is 4.79. The maximum Gasteiger partial charge on any atom is 0.314 e. The Morgan fingerprint density at radius 1 is 1.22 bits per heavy atom. The first-order chi connectivity index (χ1) is 15.2. The van der Waals surface area contributed by atoms with Gasteiger partial charge in [0.25, 0.3) is 11.8 Å². The lowest BCUT2D eigenvalue weighted by molar-refractivity contribution is 0.116. The molecule has 15 heteroatoms. The van der Waals surface area contributed by atoms with Gasteiger partial charge in [-0.15, -0.1) is 21.5 Å². The summed E-state index contributed by atoms with van der Waals surface area (Å²) in [7, 11) is -6.78. The zero-order valence-corrected chi connectivity index (χ0v) is 18.9. The standard InChI is InChI=1S/C17H18F2N6O4S3/c18-15(19)17-23-22-16(29-17)13-10-21-14(30-13)11-25(12-4-2-1-3-5-12)32(27,28)24-6-8-31(20,26)9-7-24/h1-5,10,15,20H,6-9,11H2. The van der Waals surface area contributed by atoms with Gasteiger partial charge in [0.15, 0.2) is 0 Å². The van der Waals surface area contributed by atoms with Gasteiger partial charge in [-0.05, 0) is 12.1 Å². The van der Waals surface area contributed by atoms with E-state index < -0.39 is 32.3 Å². The molecule has 1 aliphatic rings. The highest BCUT2D eigenvalue weighted by molar-refractivity contribution is 7.93. The lowest BCUT2D eigenvalue weighted by atomic mass is 10.3. The van der Waals surface area contributed by atoms with Crippen molar-refractivity contribution in [1.29, 1.82) is 4.78 Å². The maximum absolute atomic E-state index is 13.4. The number of hydrogen-bond acceptors (Lipinski definition) is 9. The Morgan fingerprint density at radius 2 is 1.91 bits per heavy atom. The first-order valence-corrected chi connectivity index (χ1v) is 13.4. The summed E-state index contributed by atoms with van der Waals surface area (Å²) in [6.45, 7) is -0.162. The summed E-state index contributed by atoms with van der Waals surface area (Å²) in [5, 5.41) is 7.25. The van der Waals surface area contributed by atoms with Gasteiger partial charge in [-0.1, -0.05) is 18.2 Å². The van der Waals surface area contributed by atoms with Crippen molar-refractivity contribution in [2.75, 3.05) is 28.9 Å². The summed E-state index contributed by atoms with van der Waals surface area (Å²) in [6.07, 6.45) is -1.54. The molecule has 1 saturated heterocycles. The number of anilines is 1. The summed E-state index contributed by atoms with van der Waals surface area (Å²) in [5.41, 5.74) is 0.402. The normalized spacial score (nSPS) is 17.0. The number of halogens is 2. The number of hydrogen-bond donors (Lipinski definition) is 1. The number of benzene rings is 1. The molecular weight excluding hydrogens is 486 g/mol. The highest BCUT2D eigenvalue weighted by Crippen LogP contribution is 2.30. The van der Waals surface area contributed by atoms with Crippen LogP contribution in [-0.2, 0) is 26.5 Å². The second kappa shape index (κ2) is 8.80. The average Bonchev–Trinajstić information content (AvgIpc) is 3.42. The molecule has 4 rings (SSSR count). The number of nitrogens with one attached hydrogen (secondary N) is 1. The van der Waals surface area contributed by atoms with Crippen LogP contribution in [0.4, 0.5) is 14.5 Å². The molecule has 1 aromatic carbocycles. The van der Waals surface area contributed by atoms with E-state index >= 15 is 0 Å². The maximum atomic E-state index is 13.4. The van der Waals surface area contributed by atoms with Gasteiger partial charge in [0, 0.05) is 34.3 Å². The molecular formula is C17H18F2N6O4S3. The average molecular weight is 505 g/mol. The van der Waals surface area contributed by atoms with Crippen LogP contribution in [0.1, 0.15) is 17.3 Å². The van der Waals surface area contributed by atoms with E-state index in [1.165, 1.54) is 14.8 Å². The Morgan fingerprint density at radius 3 is 2.53 bits per heavy atom. The van der Waals surface area contributed by atoms with Gasteiger partial charge in [-0.25, -0.2) is 9.19 Å². The van der Waals surface area contributed by atoms with Crippen LogP contribution in [0.2, 0.25) is 0 Å². The van der Waals surface area contributed by atoms with Gasteiger partial charge >= 0.3 is 16.6 Å². The lowest BCUT2D eigenvalue weighted by Crippen LogP contribution is -2.49. The molecule has 0 spiro atoms. The Balaban J connectivity index is 1.62. The van der Waals surface area contributed by atoms with Gasteiger partial charge < -0.3 is 4.42 Å². The Hall–Kier alpha value is -2.49. The molecule has 1 N–H and O–H groups in total. The third-order valence-corrected chi connectivity index (χ3v) is 9.23. The van der Waals surface area contributed by atoms with Gasteiger partial charge in [0.2, 0.25) is 0 Å². The van der Waals surface area contributed by atoms with E-state index in [0.717, 1.165) is 11.3 Å². The number of rotatable bonds is 7. The molecule has 10 nitrogen and oxygen atoms in total. The molecule has 0 radical (unpaired) electrons. The topological polar surface area (TPSA) is 133 Å². The number of alkyl halides is 2. The first kappa shape index (κ1) is 22.7. The molecule has 0 saturated carbocycles. The van der Waals surface area contributed by atoms with E-state index in [0.29, 0.717) is 15.6 Å². The zero-order valence-electron chi connectivity index (χ0n) is 16.4. The highest BCUT2D eigenvalue weighted by Gasteiger charge is 2.34. The van der Waals surface area contributed by atoms with Crippen LogP contribution in [0.3, 0.4) is 0 Å². The van der Waals surface area contributed by atoms with E-state index in [9.17, 15) is 21.4 Å². The van der Waals surface area contributed by atoms with Gasteiger partial charge in [-0.3, -0.25) is 9.08 Å². The summed E-state index contributed by atoms with van der Waals surface area (Å²) in [6, 6.07) is 8.42. The van der Waals surface area contributed by atoms with Crippen LogP contribution in [-0.4, -0.2) is 56.7 Å². The van der Waals surface area contributed by atoms with Crippen LogP contribution < -0.4 is 4.31 Å². The van der Waals surface area contributed by atoms with Crippen molar-refractivity contribution >= 4 is 37.0 Å². The Kier molecular flexibility index (Phi) is 6.24. The molecule has 32 heavy (non-hydrogen) atoms. The number of thiazole rings is 1. The van der Waals surface area contributed by atoms with Crippen molar-refractivity contribution in [2.45, 2.75) is 13.0 Å². The molecule has 0 unspecified atom stereocenters. The van der Waals surface area contributed by atoms with E-state index in [1.54, 1.807) is 30.3 Å². The second-order valence-corrected chi connectivity index (χ2v) is 12.2. The summed E-state index contributed by atoms with van der Waals surface area (Å²) in [4.78, 5) is 4.53. The molecule has 1 fully saturated rings. The van der Waals surface area contributed by atoms with Crippen molar-refractivity contribution in [3.8, 4) is 10.8 Å². The molecule has 3 aromatic rings. The predicted octanol–water partition coefficient (Wildman–Crippen LogP) is 2.74. The van der Waals surface area contributed by atoms with E-state index in [2.05, 4.69) is 15.2 Å². The fourth-order valence-corrected chi connectivity index (χ4v) is 6.98. The van der Waals surface area contributed by atoms with Gasteiger partial charge in [0.05, 0.1) is 18.4 Å². The van der Waals surface area contributed by atoms with Crippen LogP contribution in [0, 0.1) is 4.78 Å². The highest BCUT2D eigenvalue weighted by atomic mass is 32.2. The quantitative estimate of drug-likeness (QED) is 0.523. The van der Waals surface area contributed by atoms with E-state index in [-0.39, 0.29) is 37.0 Å². The monoisotopic (exact) mass is 504 g/mol. The number of aromatic nitrogens is 3. The van der Waals surface area contributed by atoms with Crippen LogP contribution in [0.15, 0.2) is 40.9 Å². The summed E-state index contributed by atoms with van der Waals surface area (Å²) < 4.78 is 79.2. The minimum atomic E-state index is -4.01. The van der Waals surface area contributed by atoms with Gasteiger partial charge in [-0.2, -0.15) is 21.5 Å². The Labute approximate surface area is 187 Å². The largest absolute Gasteiger partial charge is 0.414 e. The van der Waals surface area contributed by atoms with E-state index in [4.69, 9.17) is 9.20 Å². The zero-order chi connectivity index (χ0) is 22.9. The molecule has 172 valence electrons. The predicted molar refractivity (Wildman–Crippen MR) is 114 cm³/mol. The number of nitrogens with zero attached hydrogens (tertiary/aromatic N) is 5. The minimum Gasteiger partial charge on any atom is -0.414 e. The molecule has 0 aliphatic carbocycles. The fraction of sp³-hybridized carbons (Fsp3) is 0.353.